The minimum atomic E-state index is 0.638. The molecule has 1 nitrogen and oxygen atoms in total. The van der Waals surface area contributed by atoms with E-state index in [-0.39, 0.29) is 0 Å². The Morgan fingerprint density at radius 1 is 0.864 bits per heavy atom. The van der Waals surface area contributed by atoms with E-state index in [0.29, 0.717) is 10.6 Å². The van der Waals surface area contributed by atoms with Crippen LogP contribution in [0.4, 0.5) is 0 Å². The van der Waals surface area contributed by atoms with E-state index in [9.17, 15) is 4.79 Å². The Hall–Kier alpha value is -2.16. The summed E-state index contributed by atoms with van der Waals surface area (Å²) in [5.41, 5.74) is 2.61. The van der Waals surface area contributed by atoms with Crippen LogP contribution in [0.3, 0.4) is 0 Å². The molecule has 0 atom stereocenters. The molecule has 4 aromatic rings. The Morgan fingerprint density at radius 2 is 1.68 bits per heavy atom. The first kappa shape index (κ1) is 13.5. The third-order valence-corrected chi connectivity index (χ3v) is 5.29. The van der Waals surface area contributed by atoms with Gasteiger partial charge in [-0.25, -0.2) is 0 Å². The van der Waals surface area contributed by atoms with Gasteiger partial charge in [0.25, 0.3) is 0 Å². The number of thiophene rings is 1. The first-order valence-corrected chi connectivity index (χ1v) is 8.13. The standard InChI is InChI=1S/C19H11ClOS/c20-13-9-8-12(11-21)17(10-13)16-6-3-5-15-14-4-1-2-7-18(14)22-19(15)16/h1-11H. The first-order valence-electron chi connectivity index (χ1n) is 6.93. The molecule has 0 saturated carbocycles. The number of halogens is 1. The normalized spacial score (nSPS) is 11.1. The lowest BCUT2D eigenvalue weighted by atomic mass is 9.98. The van der Waals surface area contributed by atoms with E-state index in [0.717, 1.165) is 17.4 Å². The van der Waals surface area contributed by atoms with Gasteiger partial charge in [-0.3, -0.25) is 4.79 Å². The zero-order chi connectivity index (χ0) is 15.1. The number of carbonyl (C=O) groups excluding carboxylic acids is 1. The van der Waals surface area contributed by atoms with Gasteiger partial charge in [0.05, 0.1) is 0 Å². The van der Waals surface area contributed by atoms with Gasteiger partial charge < -0.3 is 0 Å². The van der Waals surface area contributed by atoms with Crippen molar-refractivity contribution in [2.24, 2.45) is 0 Å². The summed E-state index contributed by atoms with van der Waals surface area (Å²) in [6.07, 6.45) is 0.887. The number of carbonyl (C=O) groups is 1. The summed E-state index contributed by atoms with van der Waals surface area (Å²) in [5.74, 6) is 0. The fourth-order valence-corrected chi connectivity index (χ4v) is 4.23. The number of aldehydes is 1. The minimum Gasteiger partial charge on any atom is -0.298 e. The molecule has 22 heavy (non-hydrogen) atoms. The third kappa shape index (κ3) is 2.04. The summed E-state index contributed by atoms with van der Waals surface area (Å²) in [6, 6.07) is 20.0. The van der Waals surface area contributed by atoms with E-state index in [1.807, 2.05) is 18.2 Å². The Labute approximate surface area is 136 Å². The molecular weight excluding hydrogens is 312 g/mol. The highest BCUT2D eigenvalue weighted by Gasteiger charge is 2.12. The lowest BCUT2D eigenvalue weighted by molar-refractivity contribution is 0.112. The number of rotatable bonds is 2. The van der Waals surface area contributed by atoms with E-state index >= 15 is 0 Å². The van der Waals surface area contributed by atoms with Crippen LogP contribution < -0.4 is 0 Å². The van der Waals surface area contributed by atoms with Gasteiger partial charge in [0.2, 0.25) is 0 Å². The van der Waals surface area contributed by atoms with Gasteiger partial charge in [-0.15, -0.1) is 11.3 Å². The molecule has 1 heterocycles. The summed E-state index contributed by atoms with van der Waals surface area (Å²) in [6.45, 7) is 0. The molecule has 3 heteroatoms. The molecule has 0 unspecified atom stereocenters. The molecular formula is C19H11ClOS. The lowest BCUT2D eigenvalue weighted by Crippen LogP contribution is -1.87. The predicted octanol–water partition coefficient (Wildman–Crippen LogP) is 6.19. The van der Waals surface area contributed by atoms with Crippen LogP contribution in [0.25, 0.3) is 31.3 Å². The maximum absolute atomic E-state index is 11.4. The molecule has 3 aromatic carbocycles. The largest absolute Gasteiger partial charge is 0.298 e. The fourth-order valence-electron chi connectivity index (χ4n) is 2.82. The zero-order valence-electron chi connectivity index (χ0n) is 11.5. The molecule has 0 amide bonds. The molecule has 0 aliphatic heterocycles. The van der Waals surface area contributed by atoms with E-state index in [1.165, 1.54) is 20.2 Å². The molecule has 0 bridgehead atoms. The summed E-state index contributed by atoms with van der Waals surface area (Å²) in [5, 5.41) is 3.10. The predicted molar refractivity (Wildman–Crippen MR) is 95.2 cm³/mol. The average Bonchev–Trinajstić information content (AvgIpc) is 2.93. The highest BCUT2D eigenvalue weighted by Crippen LogP contribution is 2.40. The summed E-state index contributed by atoms with van der Waals surface area (Å²) >= 11 is 7.89. The molecule has 0 fully saturated rings. The van der Waals surface area contributed by atoms with Gasteiger partial charge in [-0.1, -0.05) is 48.0 Å². The van der Waals surface area contributed by atoms with Crippen LogP contribution in [0.1, 0.15) is 10.4 Å². The van der Waals surface area contributed by atoms with E-state index < -0.39 is 0 Å². The van der Waals surface area contributed by atoms with Crippen LogP contribution in [-0.4, -0.2) is 6.29 Å². The highest BCUT2D eigenvalue weighted by molar-refractivity contribution is 7.26. The van der Waals surface area contributed by atoms with Crippen molar-refractivity contribution in [2.75, 3.05) is 0 Å². The van der Waals surface area contributed by atoms with Gasteiger partial charge in [-0.05, 0) is 29.8 Å². The van der Waals surface area contributed by atoms with Crippen LogP contribution in [0, 0.1) is 0 Å². The van der Waals surface area contributed by atoms with Crippen molar-refractivity contribution in [1.29, 1.82) is 0 Å². The van der Waals surface area contributed by atoms with Crippen LogP contribution in [0.2, 0.25) is 5.02 Å². The Balaban J connectivity index is 2.12. The summed E-state index contributed by atoms with van der Waals surface area (Å²) in [4.78, 5) is 11.4. The number of hydrogen-bond acceptors (Lipinski definition) is 2. The van der Waals surface area contributed by atoms with Crippen molar-refractivity contribution in [3.63, 3.8) is 0 Å². The maximum atomic E-state index is 11.4. The molecule has 106 valence electrons. The van der Waals surface area contributed by atoms with Crippen molar-refractivity contribution in [3.05, 3.63) is 71.2 Å². The van der Waals surface area contributed by atoms with Gasteiger partial charge >= 0.3 is 0 Å². The van der Waals surface area contributed by atoms with Crippen molar-refractivity contribution >= 4 is 49.4 Å². The van der Waals surface area contributed by atoms with Crippen LogP contribution in [-0.2, 0) is 0 Å². The van der Waals surface area contributed by atoms with E-state index in [4.69, 9.17) is 11.6 Å². The van der Waals surface area contributed by atoms with E-state index in [1.54, 1.807) is 23.5 Å². The van der Waals surface area contributed by atoms with Crippen LogP contribution in [0.5, 0.6) is 0 Å². The molecule has 0 spiro atoms. The Morgan fingerprint density at radius 3 is 2.55 bits per heavy atom. The monoisotopic (exact) mass is 322 g/mol. The maximum Gasteiger partial charge on any atom is 0.150 e. The fraction of sp³-hybridized carbons (Fsp3) is 0. The van der Waals surface area contributed by atoms with Crippen LogP contribution >= 0.6 is 22.9 Å². The van der Waals surface area contributed by atoms with Gasteiger partial charge in [0.15, 0.2) is 6.29 Å². The lowest BCUT2D eigenvalue weighted by Gasteiger charge is -2.07. The number of benzene rings is 3. The molecule has 0 saturated heterocycles. The Bertz CT molecular complexity index is 1020. The summed E-state index contributed by atoms with van der Waals surface area (Å²) in [7, 11) is 0. The molecule has 0 radical (unpaired) electrons. The minimum absolute atomic E-state index is 0.638. The topological polar surface area (TPSA) is 17.1 Å². The molecule has 1 aromatic heterocycles. The summed E-state index contributed by atoms with van der Waals surface area (Å²) < 4.78 is 2.44. The second-order valence-electron chi connectivity index (χ2n) is 5.13. The SMILES string of the molecule is O=Cc1ccc(Cl)cc1-c1cccc2c1sc1ccccc12. The van der Waals surface area contributed by atoms with Gasteiger partial charge in [0.1, 0.15) is 0 Å². The smallest absolute Gasteiger partial charge is 0.150 e. The van der Waals surface area contributed by atoms with Crippen molar-refractivity contribution < 1.29 is 4.79 Å². The second kappa shape index (κ2) is 5.24. The first-order chi connectivity index (χ1) is 10.8. The van der Waals surface area contributed by atoms with Gasteiger partial charge in [0, 0.05) is 36.3 Å². The quantitative estimate of drug-likeness (QED) is 0.402. The van der Waals surface area contributed by atoms with E-state index in [2.05, 4.69) is 30.3 Å². The van der Waals surface area contributed by atoms with Gasteiger partial charge in [-0.2, -0.15) is 0 Å². The second-order valence-corrected chi connectivity index (χ2v) is 6.62. The number of fused-ring (bicyclic) bond motifs is 3. The highest BCUT2D eigenvalue weighted by atomic mass is 35.5. The molecule has 0 N–H and O–H groups in total. The zero-order valence-corrected chi connectivity index (χ0v) is 13.1. The van der Waals surface area contributed by atoms with Crippen molar-refractivity contribution in [3.8, 4) is 11.1 Å². The molecule has 0 aliphatic rings. The van der Waals surface area contributed by atoms with Crippen molar-refractivity contribution in [1.82, 2.24) is 0 Å². The average molecular weight is 323 g/mol. The third-order valence-electron chi connectivity index (χ3n) is 3.84. The molecule has 4 rings (SSSR count). The van der Waals surface area contributed by atoms with Crippen LogP contribution in [0.15, 0.2) is 60.7 Å². The molecule has 0 aliphatic carbocycles. The Kier molecular flexibility index (Phi) is 3.21. The number of hydrogen-bond donors (Lipinski definition) is 0. The van der Waals surface area contributed by atoms with Crippen molar-refractivity contribution in [2.45, 2.75) is 0 Å².